The lowest BCUT2D eigenvalue weighted by Crippen LogP contribution is -2.14. The first-order chi connectivity index (χ1) is 11.0. The minimum absolute atomic E-state index is 0.103. The van der Waals surface area contributed by atoms with Crippen molar-refractivity contribution in [1.82, 2.24) is 0 Å². The molecule has 2 aromatic carbocycles. The van der Waals surface area contributed by atoms with Gasteiger partial charge in [-0.2, -0.15) is 5.26 Å². The molecule has 0 saturated heterocycles. The molecule has 0 spiro atoms. The summed E-state index contributed by atoms with van der Waals surface area (Å²) < 4.78 is 0.839. The van der Waals surface area contributed by atoms with Gasteiger partial charge in [0.05, 0.1) is 10.6 Å². The van der Waals surface area contributed by atoms with Crippen molar-refractivity contribution in [3.63, 3.8) is 0 Å². The van der Waals surface area contributed by atoms with Crippen LogP contribution >= 0.6 is 22.6 Å². The Morgan fingerprint density at radius 3 is 2.65 bits per heavy atom. The molecule has 23 heavy (non-hydrogen) atoms. The Morgan fingerprint density at radius 1 is 1.26 bits per heavy atom. The van der Waals surface area contributed by atoms with E-state index in [4.69, 9.17) is 5.26 Å². The molecular weight excluding hydrogens is 409 g/mol. The third kappa shape index (κ3) is 4.37. The molecule has 0 heterocycles. The molecule has 0 aliphatic carbocycles. The minimum atomic E-state index is -0.567. The average molecular weight is 419 g/mol. The van der Waals surface area contributed by atoms with E-state index >= 15 is 0 Å². The smallest absolute Gasteiger partial charge is 0.270 e. The number of carbonyl (C=O) groups is 1. The van der Waals surface area contributed by atoms with Crippen LogP contribution in [0.5, 0.6) is 0 Å². The van der Waals surface area contributed by atoms with Crippen LogP contribution in [0.25, 0.3) is 6.08 Å². The van der Waals surface area contributed by atoms with Gasteiger partial charge in [-0.25, -0.2) is 0 Å². The number of nitrogens with one attached hydrogen (secondary N) is 1. The molecule has 0 unspecified atom stereocenters. The quantitative estimate of drug-likeness (QED) is 0.269. The topological polar surface area (TPSA) is 96.0 Å². The first-order valence-corrected chi connectivity index (χ1v) is 7.51. The number of nitrogens with zero attached hydrogens (tertiary/aromatic N) is 2. The van der Waals surface area contributed by atoms with Gasteiger partial charge in [-0.3, -0.25) is 14.9 Å². The molecule has 0 aliphatic rings. The van der Waals surface area contributed by atoms with Gasteiger partial charge in [-0.15, -0.1) is 0 Å². The highest BCUT2D eigenvalue weighted by atomic mass is 127. The molecule has 2 aromatic rings. The zero-order chi connectivity index (χ0) is 16.8. The highest BCUT2D eigenvalue weighted by molar-refractivity contribution is 14.1. The van der Waals surface area contributed by atoms with E-state index in [9.17, 15) is 14.9 Å². The van der Waals surface area contributed by atoms with Crippen molar-refractivity contribution >= 4 is 45.9 Å². The zero-order valence-corrected chi connectivity index (χ0v) is 13.9. The number of nitro benzene ring substituents is 1. The summed E-state index contributed by atoms with van der Waals surface area (Å²) in [5.74, 6) is -0.567. The molecule has 0 saturated carbocycles. The molecule has 0 aromatic heterocycles. The van der Waals surface area contributed by atoms with Crippen molar-refractivity contribution in [2.24, 2.45) is 0 Å². The van der Waals surface area contributed by atoms with Gasteiger partial charge in [-0.05, 0) is 46.4 Å². The third-order valence-corrected chi connectivity index (χ3v) is 3.82. The second-order valence-electron chi connectivity index (χ2n) is 4.46. The van der Waals surface area contributed by atoms with Crippen LogP contribution in [0, 0.1) is 25.0 Å². The van der Waals surface area contributed by atoms with Crippen LogP contribution in [-0.4, -0.2) is 10.8 Å². The minimum Gasteiger partial charge on any atom is -0.320 e. The molecule has 0 radical (unpaired) electrons. The molecule has 0 fully saturated rings. The number of benzene rings is 2. The number of para-hydroxylation sites is 1. The number of hydrogen-bond acceptors (Lipinski definition) is 4. The predicted molar refractivity (Wildman–Crippen MR) is 94.5 cm³/mol. The molecule has 2 rings (SSSR count). The monoisotopic (exact) mass is 419 g/mol. The molecule has 1 N–H and O–H groups in total. The number of rotatable bonds is 4. The number of non-ortho nitro benzene ring substituents is 1. The average Bonchev–Trinajstić information content (AvgIpc) is 2.55. The van der Waals surface area contributed by atoms with Gasteiger partial charge in [0.25, 0.3) is 11.6 Å². The number of hydrogen-bond donors (Lipinski definition) is 1. The highest BCUT2D eigenvalue weighted by Crippen LogP contribution is 2.19. The summed E-state index contributed by atoms with van der Waals surface area (Å²) in [4.78, 5) is 22.4. The highest BCUT2D eigenvalue weighted by Gasteiger charge is 2.12. The summed E-state index contributed by atoms with van der Waals surface area (Å²) in [6, 6.07) is 14.7. The summed E-state index contributed by atoms with van der Waals surface area (Å²) >= 11 is 2.07. The molecule has 0 bridgehead atoms. The lowest BCUT2D eigenvalue weighted by atomic mass is 10.1. The Labute approximate surface area is 145 Å². The summed E-state index contributed by atoms with van der Waals surface area (Å²) in [5, 5.41) is 22.6. The number of anilines is 1. The number of nitriles is 1. The molecular formula is C16H10IN3O3. The molecule has 1 amide bonds. The van der Waals surface area contributed by atoms with Gasteiger partial charge in [0.2, 0.25) is 0 Å². The standard InChI is InChI=1S/C16H10IN3O3/c17-14-6-1-2-7-15(14)19-16(21)12(10-18)8-11-4-3-5-13(9-11)20(22)23/h1-9H,(H,19,21)/b12-8+. The summed E-state index contributed by atoms with van der Waals surface area (Å²) in [6.07, 6.45) is 1.32. The molecule has 114 valence electrons. The SMILES string of the molecule is N#C/C(=C\c1cccc([N+](=O)[O-])c1)C(=O)Nc1ccccc1I. The van der Waals surface area contributed by atoms with Crippen molar-refractivity contribution < 1.29 is 9.72 Å². The van der Waals surface area contributed by atoms with Crippen molar-refractivity contribution in [2.45, 2.75) is 0 Å². The van der Waals surface area contributed by atoms with Crippen molar-refractivity contribution in [3.05, 3.63) is 73.4 Å². The zero-order valence-electron chi connectivity index (χ0n) is 11.7. The van der Waals surface area contributed by atoms with E-state index in [-0.39, 0.29) is 11.3 Å². The fraction of sp³-hybridized carbons (Fsp3) is 0. The Hall–Kier alpha value is -2.73. The maximum atomic E-state index is 12.2. The van der Waals surface area contributed by atoms with Gasteiger partial charge in [0.15, 0.2) is 0 Å². The number of amides is 1. The molecule has 0 atom stereocenters. The van der Waals surface area contributed by atoms with Gasteiger partial charge in [0, 0.05) is 15.7 Å². The lowest BCUT2D eigenvalue weighted by molar-refractivity contribution is -0.384. The number of carbonyl (C=O) groups excluding carboxylic acids is 1. The third-order valence-electron chi connectivity index (χ3n) is 2.88. The largest absolute Gasteiger partial charge is 0.320 e. The van der Waals surface area contributed by atoms with E-state index in [1.807, 2.05) is 18.2 Å². The van der Waals surface area contributed by atoms with E-state index in [1.54, 1.807) is 18.2 Å². The predicted octanol–water partition coefficient (Wildman–Crippen LogP) is 3.75. The molecule has 6 nitrogen and oxygen atoms in total. The number of nitro groups is 1. The first-order valence-electron chi connectivity index (χ1n) is 6.43. The second-order valence-corrected chi connectivity index (χ2v) is 5.62. The van der Waals surface area contributed by atoms with Gasteiger partial charge in [-0.1, -0.05) is 24.3 Å². The van der Waals surface area contributed by atoms with Gasteiger partial charge < -0.3 is 5.32 Å². The van der Waals surface area contributed by atoms with Crippen molar-refractivity contribution in [3.8, 4) is 6.07 Å². The maximum absolute atomic E-state index is 12.2. The van der Waals surface area contributed by atoms with E-state index in [0.29, 0.717) is 11.3 Å². The van der Waals surface area contributed by atoms with E-state index in [0.717, 1.165) is 3.57 Å². The van der Waals surface area contributed by atoms with Gasteiger partial charge >= 0.3 is 0 Å². The van der Waals surface area contributed by atoms with Crippen LogP contribution in [0.3, 0.4) is 0 Å². The van der Waals surface area contributed by atoms with Crippen molar-refractivity contribution in [2.75, 3.05) is 5.32 Å². The van der Waals surface area contributed by atoms with Crippen molar-refractivity contribution in [1.29, 1.82) is 5.26 Å². The van der Waals surface area contributed by atoms with Crippen LogP contribution in [0.1, 0.15) is 5.56 Å². The Morgan fingerprint density at radius 2 is 2.00 bits per heavy atom. The second kappa shape index (κ2) is 7.51. The van der Waals surface area contributed by atoms with E-state index in [1.165, 1.54) is 24.3 Å². The summed E-state index contributed by atoms with van der Waals surface area (Å²) in [5.41, 5.74) is 0.770. The van der Waals surface area contributed by atoms with Gasteiger partial charge in [0.1, 0.15) is 11.6 Å². The maximum Gasteiger partial charge on any atom is 0.270 e. The lowest BCUT2D eigenvalue weighted by Gasteiger charge is -2.06. The summed E-state index contributed by atoms with van der Waals surface area (Å²) in [6.45, 7) is 0. The fourth-order valence-corrected chi connectivity index (χ4v) is 2.32. The molecule has 7 heteroatoms. The van der Waals surface area contributed by atoms with Crippen LogP contribution in [-0.2, 0) is 4.79 Å². The molecule has 0 aliphatic heterocycles. The number of halogens is 1. The van der Waals surface area contributed by atoms with Crippen LogP contribution in [0.4, 0.5) is 11.4 Å². The fourth-order valence-electron chi connectivity index (χ4n) is 1.80. The van der Waals surface area contributed by atoms with Crippen LogP contribution in [0.15, 0.2) is 54.1 Å². The summed E-state index contributed by atoms with van der Waals surface area (Å²) in [7, 11) is 0. The first kappa shape index (κ1) is 16.6. The Balaban J connectivity index is 2.27. The van der Waals surface area contributed by atoms with E-state index in [2.05, 4.69) is 27.9 Å². The van der Waals surface area contributed by atoms with Crippen LogP contribution < -0.4 is 5.32 Å². The van der Waals surface area contributed by atoms with Crippen LogP contribution in [0.2, 0.25) is 0 Å². The van der Waals surface area contributed by atoms with E-state index < -0.39 is 10.8 Å². The Bertz CT molecular complexity index is 840. The normalized spacial score (nSPS) is 10.7. The Kier molecular flexibility index (Phi) is 5.43.